The Morgan fingerprint density at radius 2 is 0.851 bits per heavy atom. The number of para-hydroxylation sites is 3. The molecule has 5 heteroatoms. The van der Waals surface area contributed by atoms with E-state index in [4.69, 9.17) is 8.83 Å². The van der Waals surface area contributed by atoms with Gasteiger partial charge in [0.1, 0.15) is 22.3 Å². The van der Waals surface area contributed by atoms with Gasteiger partial charge in [0.2, 0.25) is 0 Å². The van der Waals surface area contributed by atoms with Crippen molar-refractivity contribution in [2.24, 2.45) is 0 Å². The number of rotatable bonds is 7. The average Bonchev–Trinajstić information content (AvgIpc) is 1.78. The Bertz CT molecular complexity index is 5220. The molecule has 3 aromatic heterocycles. The maximum atomic E-state index is 6.49. The highest BCUT2D eigenvalue weighted by molar-refractivity contribution is 6.15. The van der Waals surface area contributed by atoms with Gasteiger partial charge in [-0.05, 0) is 178 Å². The van der Waals surface area contributed by atoms with Crippen LogP contribution in [0.5, 0.6) is 0 Å². The largest absolute Gasteiger partial charge is 0.456 e. The Balaban J connectivity index is 0.000000154. The fraction of sp³-hybridized carbons (Fsp3) is 0.122. The van der Waals surface area contributed by atoms with Crippen LogP contribution in [0.2, 0.25) is 0 Å². The minimum Gasteiger partial charge on any atom is -0.456 e. The van der Waals surface area contributed by atoms with Crippen LogP contribution in [0.25, 0.3) is 105 Å². The van der Waals surface area contributed by atoms with E-state index in [9.17, 15) is 0 Å². The van der Waals surface area contributed by atoms with Crippen LogP contribution in [0.1, 0.15) is 73.6 Å². The van der Waals surface area contributed by atoms with E-state index in [0.29, 0.717) is 0 Å². The normalized spacial score (nSPS) is 14.9. The molecule has 12 aromatic carbocycles. The molecule has 15 aromatic rings. The molecule has 3 heterocycles. The number of fused-ring (bicyclic) bond motifs is 19. The van der Waals surface area contributed by atoms with Gasteiger partial charge in [0.25, 0.3) is 0 Å². The molecule has 2 saturated carbocycles. The first-order valence-corrected chi connectivity index (χ1v) is 31.1. The fourth-order valence-corrected chi connectivity index (χ4v) is 16.4. The molecule has 19 rings (SSSR count). The predicted molar refractivity (Wildman–Crippen MR) is 361 cm³/mol. The lowest BCUT2D eigenvalue weighted by molar-refractivity contribution is 0.550. The van der Waals surface area contributed by atoms with Crippen molar-refractivity contribution in [2.75, 3.05) is 10.2 Å². The molecule has 0 aliphatic heterocycles. The zero-order chi connectivity index (χ0) is 57.2. The van der Waals surface area contributed by atoms with Crippen LogP contribution < -0.4 is 10.2 Å². The number of hydrogen-bond acceptors (Lipinski definition) is 4. The standard InChI is InChI=1S/C53H38N2O.C29H23NO/c1-2-13-35(14-3-1)36-23-25-37(26-24-36)55-47-19-8-5-16-42(47)44-33-38(28-30-48(44)55)54(49-20-12-22-51-52(49)43-17-6-9-21-50(43)56-51)39-27-29-41-40-15-4-7-18-45(40)53(46(41)34-39)31-10-11-32-53;1-3-10-23-20(8-1)21-15-14-19(18-24(21)29(23)16-5-6-17-29)30-25-11-7-13-27-28(25)22-9-2-4-12-26(22)31-27/h1-9,12-30,33-34H,10-11,31-32H2;1-4,7-15,18,30H,5-6,16-17H2. The lowest BCUT2D eigenvalue weighted by Crippen LogP contribution is -2.21. The van der Waals surface area contributed by atoms with E-state index >= 15 is 0 Å². The molecule has 2 fully saturated rings. The van der Waals surface area contributed by atoms with Crippen LogP contribution in [0.4, 0.5) is 28.4 Å². The van der Waals surface area contributed by atoms with Crippen molar-refractivity contribution in [3.63, 3.8) is 0 Å². The van der Waals surface area contributed by atoms with E-state index in [1.165, 1.54) is 134 Å². The monoisotopic (exact) mass is 1120 g/mol. The zero-order valence-corrected chi connectivity index (χ0v) is 48.3. The number of furan rings is 2. The molecular formula is C82H61N3O2. The van der Waals surface area contributed by atoms with E-state index in [2.05, 4.69) is 264 Å². The van der Waals surface area contributed by atoms with Gasteiger partial charge in [-0.25, -0.2) is 0 Å². The third-order valence-electron chi connectivity index (χ3n) is 20.1. The summed E-state index contributed by atoms with van der Waals surface area (Å²) in [5.74, 6) is 0. The first-order valence-electron chi connectivity index (χ1n) is 31.1. The maximum Gasteiger partial charge on any atom is 0.137 e. The van der Waals surface area contributed by atoms with Gasteiger partial charge in [0.05, 0.1) is 33.2 Å². The second-order valence-electron chi connectivity index (χ2n) is 24.6. The Kier molecular flexibility index (Phi) is 11.3. The van der Waals surface area contributed by atoms with E-state index < -0.39 is 0 Å². The Morgan fingerprint density at radius 3 is 1.55 bits per heavy atom. The summed E-state index contributed by atoms with van der Waals surface area (Å²) in [7, 11) is 0. The molecule has 5 nitrogen and oxygen atoms in total. The third kappa shape index (κ3) is 7.64. The molecule has 4 aliphatic carbocycles. The third-order valence-corrected chi connectivity index (χ3v) is 20.1. The number of hydrogen-bond donors (Lipinski definition) is 1. The van der Waals surface area contributed by atoms with Gasteiger partial charge in [-0.15, -0.1) is 0 Å². The highest BCUT2D eigenvalue weighted by atomic mass is 16.3. The molecule has 0 unspecified atom stereocenters. The molecule has 0 bridgehead atoms. The number of nitrogens with one attached hydrogen (secondary N) is 1. The van der Waals surface area contributed by atoms with Crippen molar-refractivity contribution in [1.82, 2.24) is 4.57 Å². The van der Waals surface area contributed by atoms with Crippen molar-refractivity contribution >= 4 is 94.1 Å². The molecule has 0 amide bonds. The number of benzene rings is 12. The average molecular weight is 1120 g/mol. The summed E-state index contributed by atoms with van der Waals surface area (Å²) < 4.78 is 15.0. The Morgan fingerprint density at radius 1 is 0.345 bits per heavy atom. The SMILES string of the molecule is c1ccc(-c2ccc(-n3c4ccccc4c4cc(N(c5ccc6c(c5)C5(CCCC5)c5ccccc5-6)c5cccc6oc7ccccc7c56)ccc43)cc2)cc1.c1ccc2c(c1)-c1ccc(Nc3cccc4oc5ccccc5c34)cc1C21CCCC1. The fourth-order valence-electron chi connectivity index (χ4n) is 16.4. The van der Waals surface area contributed by atoms with Crippen molar-refractivity contribution in [2.45, 2.75) is 62.2 Å². The molecule has 416 valence electrons. The molecule has 4 aliphatic rings. The van der Waals surface area contributed by atoms with Crippen LogP contribution in [-0.2, 0) is 10.8 Å². The van der Waals surface area contributed by atoms with Crippen molar-refractivity contribution < 1.29 is 8.83 Å². The van der Waals surface area contributed by atoms with Crippen LogP contribution in [0.15, 0.2) is 276 Å². The Hall–Kier alpha value is -10.4. The van der Waals surface area contributed by atoms with Crippen LogP contribution in [-0.4, -0.2) is 4.57 Å². The van der Waals surface area contributed by atoms with Gasteiger partial charge < -0.3 is 23.6 Å². The van der Waals surface area contributed by atoms with E-state index in [-0.39, 0.29) is 10.8 Å². The Labute approximate surface area is 505 Å². The second kappa shape index (κ2) is 19.6. The molecule has 2 spiro atoms. The van der Waals surface area contributed by atoms with Crippen LogP contribution in [0, 0.1) is 0 Å². The first kappa shape index (κ1) is 50.0. The molecule has 87 heavy (non-hydrogen) atoms. The summed E-state index contributed by atoms with van der Waals surface area (Å²) in [6, 6.07) is 97.3. The first-order chi connectivity index (χ1) is 43.1. The summed E-state index contributed by atoms with van der Waals surface area (Å²) in [5.41, 5.74) is 27.1. The smallest absolute Gasteiger partial charge is 0.137 e. The highest BCUT2D eigenvalue weighted by Gasteiger charge is 2.46. The van der Waals surface area contributed by atoms with Gasteiger partial charge >= 0.3 is 0 Å². The summed E-state index contributed by atoms with van der Waals surface area (Å²) >= 11 is 0. The summed E-state index contributed by atoms with van der Waals surface area (Å²) in [6.45, 7) is 0. The quantitative estimate of drug-likeness (QED) is 0.173. The highest BCUT2D eigenvalue weighted by Crippen LogP contribution is 2.60. The van der Waals surface area contributed by atoms with Crippen molar-refractivity contribution in [1.29, 1.82) is 0 Å². The van der Waals surface area contributed by atoms with Crippen molar-refractivity contribution in [3.05, 3.63) is 289 Å². The number of aromatic nitrogens is 1. The second-order valence-corrected chi connectivity index (χ2v) is 24.6. The van der Waals surface area contributed by atoms with Crippen molar-refractivity contribution in [3.8, 4) is 39.1 Å². The topological polar surface area (TPSA) is 46.5 Å². The summed E-state index contributed by atoms with van der Waals surface area (Å²) in [4.78, 5) is 2.48. The minimum absolute atomic E-state index is 0.0649. The summed E-state index contributed by atoms with van der Waals surface area (Å²) in [5, 5.41) is 10.7. The number of nitrogens with zero attached hydrogens (tertiary/aromatic N) is 2. The van der Waals surface area contributed by atoms with Gasteiger partial charge in [0, 0.05) is 55.1 Å². The van der Waals surface area contributed by atoms with Gasteiger partial charge in [-0.1, -0.05) is 196 Å². The maximum absolute atomic E-state index is 6.49. The molecule has 0 radical (unpaired) electrons. The van der Waals surface area contributed by atoms with Gasteiger partial charge in [-0.3, -0.25) is 0 Å². The van der Waals surface area contributed by atoms with Gasteiger partial charge in [0.15, 0.2) is 0 Å². The van der Waals surface area contributed by atoms with E-state index in [1.807, 2.05) is 18.2 Å². The predicted octanol–water partition coefficient (Wildman–Crippen LogP) is 22.8. The minimum atomic E-state index is 0.0649. The lowest BCUT2D eigenvalue weighted by atomic mass is 9.76. The van der Waals surface area contributed by atoms with E-state index in [1.54, 1.807) is 0 Å². The summed E-state index contributed by atoms with van der Waals surface area (Å²) in [6.07, 6.45) is 10.0. The van der Waals surface area contributed by atoms with E-state index in [0.717, 1.165) is 72.3 Å². The van der Waals surface area contributed by atoms with Crippen LogP contribution >= 0.6 is 0 Å². The molecule has 0 saturated heterocycles. The lowest BCUT2D eigenvalue weighted by Gasteiger charge is -2.30. The molecule has 0 atom stereocenters. The van der Waals surface area contributed by atoms with Crippen LogP contribution in [0.3, 0.4) is 0 Å². The molecule has 1 N–H and O–H groups in total. The number of anilines is 5. The molecular weight excluding hydrogens is 1060 g/mol. The zero-order valence-electron chi connectivity index (χ0n) is 48.3. The van der Waals surface area contributed by atoms with Gasteiger partial charge in [-0.2, -0.15) is 0 Å².